The van der Waals surface area contributed by atoms with Crippen molar-refractivity contribution in [3.8, 4) is 5.75 Å². The molecule has 1 aliphatic rings. The van der Waals surface area contributed by atoms with Crippen molar-refractivity contribution in [3.63, 3.8) is 0 Å². The standard InChI is InChI=1S/C15H22N2O2S/c1-19-12-8-10(7-11(16)9-12)15(18)17-13-5-3-4-6-14(13)20-2/h7-9,13-14H,3-6,16H2,1-2H3,(H,17,18). The molecule has 0 heterocycles. The molecule has 0 saturated heterocycles. The Morgan fingerprint density at radius 2 is 2.10 bits per heavy atom. The van der Waals surface area contributed by atoms with Crippen LogP contribution < -0.4 is 15.8 Å². The smallest absolute Gasteiger partial charge is 0.251 e. The SMILES string of the molecule is COc1cc(N)cc(C(=O)NC2CCCCC2SC)c1. The number of rotatable bonds is 4. The van der Waals surface area contributed by atoms with E-state index in [1.54, 1.807) is 25.3 Å². The Balaban J connectivity index is 2.09. The number of hydrogen-bond donors (Lipinski definition) is 2. The lowest BCUT2D eigenvalue weighted by molar-refractivity contribution is 0.0929. The van der Waals surface area contributed by atoms with Crippen LogP contribution in [0.15, 0.2) is 18.2 Å². The Morgan fingerprint density at radius 1 is 1.35 bits per heavy atom. The van der Waals surface area contributed by atoms with E-state index in [0.29, 0.717) is 22.3 Å². The van der Waals surface area contributed by atoms with Crippen LogP contribution in [0.1, 0.15) is 36.0 Å². The van der Waals surface area contributed by atoms with Crippen LogP contribution in [0.25, 0.3) is 0 Å². The highest BCUT2D eigenvalue weighted by Gasteiger charge is 2.26. The van der Waals surface area contributed by atoms with Gasteiger partial charge in [-0.1, -0.05) is 12.8 Å². The first-order valence-corrected chi connectivity index (χ1v) is 8.21. The topological polar surface area (TPSA) is 64.3 Å². The normalized spacial score (nSPS) is 22.3. The molecule has 0 aliphatic heterocycles. The minimum atomic E-state index is -0.0680. The number of anilines is 1. The van der Waals surface area contributed by atoms with Gasteiger partial charge in [0, 0.05) is 28.6 Å². The van der Waals surface area contributed by atoms with Crippen LogP contribution in [-0.2, 0) is 0 Å². The van der Waals surface area contributed by atoms with E-state index in [9.17, 15) is 4.79 Å². The molecule has 1 amide bonds. The Hall–Kier alpha value is -1.36. The third-order valence-electron chi connectivity index (χ3n) is 3.75. The van der Waals surface area contributed by atoms with Gasteiger partial charge in [0.25, 0.3) is 5.91 Å². The highest BCUT2D eigenvalue weighted by Crippen LogP contribution is 2.27. The van der Waals surface area contributed by atoms with E-state index in [2.05, 4.69) is 11.6 Å². The number of nitrogen functional groups attached to an aromatic ring is 1. The molecule has 0 radical (unpaired) electrons. The summed E-state index contributed by atoms with van der Waals surface area (Å²) >= 11 is 1.84. The molecular weight excluding hydrogens is 272 g/mol. The third kappa shape index (κ3) is 3.60. The van der Waals surface area contributed by atoms with Gasteiger partial charge in [0.15, 0.2) is 0 Å². The second kappa shape index (κ2) is 6.88. The molecule has 0 bridgehead atoms. The first kappa shape index (κ1) is 15.0. The van der Waals surface area contributed by atoms with E-state index in [4.69, 9.17) is 10.5 Å². The maximum atomic E-state index is 12.4. The van der Waals surface area contributed by atoms with Crippen LogP contribution in [0.5, 0.6) is 5.75 Å². The zero-order valence-corrected chi connectivity index (χ0v) is 12.8. The lowest BCUT2D eigenvalue weighted by atomic mass is 9.94. The van der Waals surface area contributed by atoms with Crippen LogP contribution in [0.3, 0.4) is 0 Å². The lowest BCUT2D eigenvalue weighted by Crippen LogP contribution is -2.43. The quantitative estimate of drug-likeness (QED) is 0.838. The van der Waals surface area contributed by atoms with Gasteiger partial charge in [-0.3, -0.25) is 4.79 Å². The van der Waals surface area contributed by atoms with Gasteiger partial charge in [-0.15, -0.1) is 0 Å². The predicted molar refractivity (Wildman–Crippen MR) is 84.4 cm³/mol. The van der Waals surface area contributed by atoms with Gasteiger partial charge in [0.1, 0.15) is 5.75 Å². The van der Waals surface area contributed by atoms with E-state index in [1.807, 2.05) is 11.8 Å². The van der Waals surface area contributed by atoms with E-state index in [0.717, 1.165) is 6.42 Å². The van der Waals surface area contributed by atoms with Crippen LogP contribution in [0.2, 0.25) is 0 Å². The zero-order chi connectivity index (χ0) is 14.5. The van der Waals surface area contributed by atoms with E-state index < -0.39 is 0 Å². The highest BCUT2D eigenvalue weighted by molar-refractivity contribution is 7.99. The van der Waals surface area contributed by atoms with Crippen LogP contribution in [-0.4, -0.2) is 30.6 Å². The molecule has 2 atom stereocenters. The number of hydrogen-bond acceptors (Lipinski definition) is 4. The summed E-state index contributed by atoms with van der Waals surface area (Å²) < 4.78 is 5.15. The van der Waals surface area contributed by atoms with Crippen LogP contribution in [0.4, 0.5) is 5.69 Å². The van der Waals surface area contributed by atoms with Gasteiger partial charge in [0.2, 0.25) is 0 Å². The number of nitrogens with two attached hydrogens (primary N) is 1. The maximum Gasteiger partial charge on any atom is 0.251 e. The summed E-state index contributed by atoms with van der Waals surface area (Å²) in [6.45, 7) is 0. The van der Waals surface area contributed by atoms with E-state index in [1.165, 1.54) is 19.3 Å². The lowest BCUT2D eigenvalue weighted by Gasteiger charge is -2.31. The number of carbonyl (C=O) groups is 1. The van der Waals surface area contributed by atoms with E-state index >= 15 is 0 Å². The zero-order valence-electron chi connectivity index (χ0n) is 12.0. The Morgan fingerprint density at radius 3 is 2.80 bits per heavy atom. The fourth-order valence-electron chi connectivity index (χ4n) is 2.67. The second-order valence-corrected chi connectivity index (χ2v) is 6.21. The molecule has 1 fully saturated rings. The molecule has 110 valence electrons. The number of ether oxygens (including phenoxy) is 1. The first-order chi connectivity index (χ1) is 9.63. The van der Waals surface area contributed by atoms with Crippen LogP contribution >= 0.6 is 11.8 Å². The molecule has 5 heteroatoms. The summed E-state index contributed by atoms with van der Waals surface area (Å²) in [6, 6.07) is 5.37. The van der Waals surface area contributed by atoms with Gasteiger partial charge in [-0.05, 0) is 31.2 Å². The molecule has 1 aliphatic carbocycles. The Kier molecular flexibility index (Phi) is 5.17. The molecule has 1 aromatic rings. The summed E-state index contributed by atoms with van der Waals surface area (Å²) in [6.07, 6.45) is 6.77. The average molecular weight is 294 g/mol. The highest BCUT2D eigenvalue weighted by atomic mass is 32.2. The molecule has 2 unspecified atom stereocenters. The van der Waals surface area contributed by atoms with Crippen molar-refractivity contribution in [1.82, 2.24) is 5.32 Å². The Labute approximate surface area is 124 Å². The van der Waals surface area contributed by atoms with Gasteiger partial charge in [-0.25, -0.2) is 0 Å². The van der Waals surface area contributed by atoms with E-state index in [-0.39, 0.29) is 11.9 Å². The minimum absolute atomic E-state index is 0.0680. The molecule has 3 N–H and O–H groups in total. The van der Waals surface area contributed by atoms with Gasteiger partial charge < -0.3 is 15.8 Å². The summed E-state index contributed by atoms with van der Waals surface area (Å²) in [5, 5.41) is 3.65. The van der Waals surface area contributed by atoms with Gasteiger partial charge in [0.05, 0.1) is 7.11 Å². The van der Waals surface area contributed by atoms with Crippen molar-refractivity contribution in [2.75, 3.05) is 19.1 Å². The monoisotopic (exact) mass is 294 g/mol. The molecule has 20 heavy (non-hydrogen) atoms. The molecule has 1 aromatic carbocycles. The molecule has 1 saturated carbocycles. The Bertz CT molecular complexity index is 479. The van der Waals surface area contributed by atoms with Crippen molar-refractivity contribution in [1.29, 1.82) is 0 Å². The summed E-state index contributed by atoms with van der Waals surface area (Å²) in [7, 11) is 1.57. The fraction of sp³-hybridized carbons (Fsp3) is 0.533. The molecular formula is C15H22N2O2S. The van der Waals surface area contributed by atoms with Crippen molar-refractivity contribution in [2.45, 2.75) is 37.0 Å². The maximum absolute atomic E-state index is 12.4. The summed E-state index contributed by atoms with van der Waals surface area (Å²) in [4.78, 5) is 12.4. The predicted octanol–water partition coefficient (Wildman–Crippen LogP) is 2.68. The second-order valence-electron chi connectivity index (χ2n) is 5.13. The number of benzene rings is 1. The molecule has 0 spiro atoms. The molecule has 2 rings (SSSR count). The number of nitrogens with one attached hydrogen (secondary N) is 1. The van der Waals surface area contributed by atoms with Crippen molar-refractivity contribution in [2.24, 2.45) is 0 Å². The van der Waals surface area contributed by atoms with Crippen molar-refractivity contribution < 1.29 is 9.53 Å². The molecule has 4 nitrogen and oxygen atoms in total. The van der Waals surface area contributed by atoms with Gasteiger partial charge >= 0.3 is 0 Å². The summed E-state index contributed by atoms with van der Waals surface area (Å²) in [5.41, 5.74) is 6.90. The largest absolute Gasteiger partial charge is 0.497 e. The number of amides is 1. The number of carbonyl (C=O) groups excluding carboxylic acids is 1. The first-order valence-electron chi connectivity index (χ1n) is 6.92. The van der Waals surface area contributed by atoms with Crippen molar-refractivity contribution >= 4 is 23.4 Å². The third-order valence-corrected chi connectivity index (χ3v) is 4.92. The number of thioether (sulfide) groups is 1. The van der Waals surface area contributed by atoms with Crippen molar-refractivity contribution in [3.05, 3.63) is 23.8 Å². The fourth-order valence-corrected chi connectivity index (χ4v) is 3.60. The number of methoxy groups -OCH3 is 1. The minimum Gasteiger partial charge on any atom is -0.497 e. The van der Waals surface area contributed by atoms with Gasteiger partial charge in [-0.2, -0.15) is 11.8 Å². The summed E-state index contributed by atoms with van der Waals surface area (Å²) in [5.74, 6) is 0.543. The average Bonchev–Trinajstić information content (AvgIpc) is 2.47. The van der Waals surface area contributed by atoms with Crippen LogP contribution in [0, 0.1) is 0 Å². The molecule has 0 aromatic heterocycles.